The van der Waals surface area contributed by atoms with Crippen LogP contribution in [0.2, 0.25) is 0 Å². The summed E-state index contributed by atoms with van der Waals surface area (Å²) in [4.78, 5) is 41.5. The van der Waals surface area contributed by atoms with Crippen LogP contribution in [-0.4, -0.2) is 40.8 Å². The molecule has 0 aliphatic carbocycles. The van der Waals surface area contributed by atoms with Crippen LogP contribution in [0.3, 0.4) is 0 Å². The molecule has 0 bridgehead atoms. The van der Waals surface area contributed by atoms with Crippen LogP contribution in [0.4, 0.5) is 18.3 Å². The smallest absolute Gasteiger partial charge is 0.416 e. The third kappa shape index (κ3) is 6.03. The summed E-state index contributed by atoms with van der Waals surface area (Å²) in [5.41, 5.74) is -0.112. The summed E-state index contributed by atoms with van der Waals surface area (Å²) in [6.45, 7) is 1.97. The predicted octanol–water partition coefficient (Wildman–Crippen LogP) is 3.72. The van der Waals surface area contributed by atoms with E-state index >= 15 is 0 Å². The highest BCUT2D eigenvalue weighted by atomic mass is 32.1. The SMILES string of the molecule is CC(=O)Nc1nc(COC(=O)C2CCN(C(=O)c3ccc(C(F)(F)F)cc3)CC2)cs1. The van der Waals surface area contributed by atoms with Gasteiger partial charge in [0.1, 0.15) is 6.61 Å². The molecule has 7 nitrogen and oxygen atoms in total. The summed E-state index contributed by atoms with van der Waals surface area (Å²) >= 11 is 1.23. The number of nitrogens with one attached hydrogen (secondary N) is 1. The average molecular weight is 455 g/mol. The number of benzene rings is 1. The molecule has 0 atom stereocenters. The molecular weight excluding hydrogens is 435 g/mol. The number of piperidine rings is 1. The molecule has 31 heavy (non-hydrogen) atoms. The van der Waals surface area contributed by atoms with Crippen LogP contribution in [0.1, 0.15) is 41.4 Å². The number of carbonyl (C=O) groups excluding carboxylic acids is 3. The van der Waals surface area contributed by atoms with Crippen molar-refractivity contribution in [2.75, 3.05) is 18.4 Å². The molecule has 1 aromatic heterocycles. The van der Waals surface area contributed by atoms with Gasteiger partial charge in [-0.15, -0.1) is 11.3 Å². The molecule has 0 unspecified atom stereocenters. The van der Waals surface area contributed by atoms with Crippen LogP contribution >= 0.6 is 11.3 Å². The number of ether oxygens (including phenoxy) is 1. The highest BCUT2D eigenvalue weighted by Gasteiger charge is 2.32. The number of carbonyl (C=O) groups is 3. The average Bonchev–Trinajstić information content (AvgIpc) is 3.17. The second-order valence-electron chi connectivity index (χ2n) is 7.07. The van der Waals surface area contributed by atoms with Gasteiger partial charge in [0, 0.05) is 31.0 Å². The minimum absolute atomic E-state index is 0.0143. The summed E-state index contributed by atoms with van der Waals surface area (Å²) in [5.74, 6) is -1.37. The van der Waals surface area contributed by atoms with E-state index < -0.39 is 17.7 Å². The first-order chi connectivity index (χ1) is 14.6. The number of hydrogen-bond donors (Lipinski definition) is 1. The van der Waals surface area contributed by atoms with Gasteiger partial charge >= 0.3 is 12.1 Å². The lowest BCUT2D eigenvalue weighted by Gasteiger charge is -2.31. The number of esters is 1. The third-order valence-corrected chi connectivity index (χ3v) is 5.58. The van der Waals surface area contributed by atoms with E-state index in [4.69, 9.17) is 4.74 Å². The molecule has 1 aromatic carbocycles. The number of rotatable bonds is 5. The molecule has 1 aliphatic rings. The van der Waals surface area contributed by atoms with E-state index in [1.165, 1.54) is 23.2 Å². The summed E-state index contributed by atoms with van der Waals surface area (Å²) in [6.07, 6.45) is -3.65. The lowest BCUT2D eigenvalue weighted by atomic mass is 9.96. The Morgan fingerprint density at radius 1 is 1.19 bits per heavy atom. The summed E-state index contributed by atoms with van der Waals surface area (Å²) in [6, 6.07) is 4.09. The number of likely N-dealkylation sites (tertiary alicyclic amines) is 1. The maximum absolute atomic E-state index is 12.7. The Labute approximate surface area is 180 Å². The maximum Gasteiger partial charge on any atom is 0.416 e. The van der Waals surface area contributed by atoms with E-state index in [9.17, 15) is 27.6 Å². The van der Waals surface area contributed by atoms with Crippen LogP contribution in [0.25, 0.3) is 0 Å². The largest absolute Gasteiger partial charge is 0.459 e. The van der Waals surface area contributed by atoms with E-state index in [0.717, 1.165) is 24.3 Å². The second-order valence-corrected chi connectivity index (χ2v) is 7.93. The van der Waals surface area contributed by atoms with Crippen molar-refractivity contribution >= 4 is 34.3 Å². The van der Waals surface area contributed by atoms with Crippen molar-refractivity contribution in [3.8, 4) is 0 Å². The Hall–Kier alpha value is -2.95. The van der Waals surface area contributed by atoms with Crippen LogP contribution < -0.4 is 5.32 Å². The van der Waals surface area contributed by atoms with Crippen molar-refractivity contribution in [2.24, 2.45) is 5.92 Å². The predicted molar refractivity (Wildman–Crippen MR) is 106 cm³/mol. The molecule has 2 heterocycles. The lowest BCUT2D eigenvalue weighted by Crippen LogP contribution is -2.40. The zero-order valence-corrected chi connectivity index (χ0v) is 17.4. The lowest BCUT2D eigenvalue weighted by molar-refractivity contribution is -0.151. The third-order valence-electron chi connectivity index (χ3n) is 4.77. The standard InChI is InChI=1S/C20H20F3N3O4S/c1-12(27)24-19-25-16(11-31-19)10-30-18(29)14-6-8-26(9-7-14)17(28)13-2-4-15(5-3-13)20(21,22)23/h2-5,11,14H,6-10H2,1H3,(H,24,25,27). The van der Waals surface area contributed by atoms with E-state index in [1.807, 2.05) is 0 Å². The summed E-state index contributed by atoms with van der Waals surface area (Å²) in [7, 11) is 0. The monoisotopic (exact) mass is 455 g/mol. The first-order valence-electron chi connectivity index (χ1n) is 9.48. The van der Waals surface area contributed by atoms with Gasteiger partial charge in [0.15, 0.2) is 5.13 Å². The molecule has 0 radical (unpaired) electrons. The number of alkyl halides is 3. The number of anilines is 1. The van der Waals surface area contributed by atoms with Crippen molar-refractivity contribution in [2.45, 2.75) is 32.5 Å². The van der Waals surface area contributed by atoms with Crippen LogP contribution in [0.5, 0.6) is 0 Å². The number of hydrogen-bond acceptors (Lipinski definition) is 6. The van der Waals surface area contributed by atoms with E-state index in [2.05, 4.69) is 10.3 Å². The Morgan fingerprint density at radius 2 is 1.84 bits per heavy atom. The fourth-order valence-corrected chi connectivity index (χ4v) is 3.89. The van der Waals surface area contributed by atoms with E-state index in [-0.39, 0.29) is 29.9 Å². The molecule has 2 amide bonds. The fourth-order valence-electron chi connectivity index (χ4n) is 3.15. The van der Waals surface area contributed by atoms with Crippen molar-refractivity contribution in [1.82, 2.24) is 9.88 Å². The zero-order chi connectivity index (χ0) is 22.6. The van der Waals surface area contributed by atoms with Gasteiger partial charge in [-0.2, -0.15) is 13.2 Å². The van der Waals surface area contributed by atoms with Gasteiger partial charge in [0.05, 0.1) is 17.2 Å². The number of aromatic nitrogens is 1. The molecule has 1 fully saturated rings. The summed E-state index contributed by atoms with van der Waals surface area (Å²) < 4.78 is 43.3. The zero-order valence-electron chi connectivity index (χ0n) is 16.6. The highest BCUT2D eigenvalue weighted by Crippen LogP contribution is 2.29. The maximum atomic E-state index is 12.7. The van der Waals surface area contributed by atoms with Gasteiger partial charge < -0.3 is 15.0 Å². The molecule has 166 valence electrons. The van der Waals surface area contributed by atoms with Gasteiger partial charge in [0.25, 0.3) is 5.91 Å². The van der Waals surface area contributed by atoms with Crippen molar-refractivity contribution < 1.29 is 32.3 Å². The molecule has 1 N–H and O–H groups in total. The quantitative estimate of drug-likeness (QED) is 0.695. The molecule has 11 heteroatoms. The molecule has 3 rings (SSSR count). The Balaban J connectivity index is 1.47. The summed E-state index contributed by atoms with van der Waals surface area (Å²) in [5, 5.41) is 4.66. The normalized spacial score (nSPS) is 14.9. The molecule has 2 aromatic rings. The Kier molecular flexibility index (Phi) is 6.94. The molecular formula is C20H20F3N3O4S. The topological polar surface area (TPSA) is 88.6 Å². The number of amides is 2. The first-order valence-corrected chi connectivity index (χ1v) is 10.4. The molecule has 1 aliphatic heterocycles. The number of thiazole rings is 1. The van der Waals surface area contributed by atoms with Gasteiger partial charge in [0.2, 0.25) is 5.91 Å². The molecule has 0 spiro atoms. The Morgan fingerprint density at radius 3 is 2.42 bits per heavy atom. The van der Waals surface area contributed by atoms with Crippen LogP contribution in [0.15, 0.2) is 29.6 Å². The fraction of sp³-hybridized carbons (Fsp3) is 0.400. The number of nitrogens with zero attached hydrogens (tertiary/aromatic N) is 2. The molecule has 1 saturated heterocycles. The second kappa shape index (κ2) is 9.46. The van der Waals surface area contributed by atoms with E-state index in [0.29, 0.717) is 36.8 Å². The van der Waals surface area contributed by atoms with Crippen LogP contribution in [-0.2, 0) is 27.1 Å². The van der Waals surface area contributed by atoms with Gasteiger partial charge in [-0.25, -0.2) is 4.98 Å². The highest BCUT2D eigenvalue weighted by molar-refractivity contribution is 7.13. The van der Waals surface area contributed by atoms with Crippen molar-refractivity contribution in [3.05, 3.63) is 46.5 Å². The van der Waals surface area contributed by atoms with Gasteiger partial charge in [-0.3, -0.25) is 14.4 Å². The minimum atomic E-state index is -4.45. The number of halogens is 3. The van der Waals surface area contributed by atoms with Gasteiger partial charge in [-0.05, 0) is 37.1 Å². The van der Waals surface area contributed by atoms with Crippen molar-refractivity contribution in [1.29, 1.82) is 0 Å². The first kappa shape index (κ1) is 22.7. The minimum Gasteiger partial charge on any atom is -0.459 e. The Bertz CT molecular complexity index is 951. The van der Waals surface area contributed by atoms with E-state index in [1.54, 1.807) is 5.38 Å². The van der Waals surface area contributed by atoms with Crippen LogP contribution in [0, 0.1) is 5.92 Å². The van der Waals surface area contributed by atoms with Crippen molar-refractivity contribution in [3.63, 3.8) is 0 Å². The van der Waals surface area contributed by atoms with Gasteiger partial charge in [-0.1, -0.05) is 0 Å². The molecule has 0 saturated carbocycles.